The minimum atomic E-state index is -4.64. The smallest absolute Gasteiger partial charge is 1.00 e. The largest absolute Gasteiger partial charge is 1.00 e. The summed E-state index contributed by atoms with van der Waals surface area (Å²) >= 11 is 0. The number of rotatable bonds is 0. The molecule has 0 aromatic rings. The molecule has 6 N–H and O–H groups in total. The van der Waals surface area contributed by atoms with Gasteiger partial charge in [-0.25, -0.2) is 4.57 Å². The Kier molecular flexibility index (Phi) is 24.4. The van der Waals surface area contributed by atoms with Crippen molar-refractivity contribution in [2.24, 2.45) is 0 Å². The van der Waals surface area contributed by atoms with E-state index in [2.05, 4.69) is 0 Å². The first kappa shape index (κ1) is 22.6. The predicted molar refractivity (Wildman–Crippen MR) is 22.9 cm³/mol. The van der Waals surface area contributed by atoms with Gasteiger partial charge in [0, 0.05) is 0 Å². The zero-order valence-corrected chi connectivity index (χ0v) is 8.33. The minimum Gasteiger partial charge on any atom is -1.00 e. The van der Waals surface area contributed by atoms with Crippen LogP contribution >= 0.6 is 7.82 Å². The molecular weight excluding hydrogens is 167 g/mol. The first-order valence-corrected chi connectivity index (χ1v) is 2.35. The number of hydrogen-bond donors (Lipinski definition) is 4. The Morgan fingerprint density at radius 1 is 1.25 bits per heavy atom. The van der Waals surface area contributed by atoms with Crippen molar-refractivity contribution in [3.63, 3.8) is 0 Å². The molecule has 0 amide bonds. The molecular formula is H8FKNO4P. The molecule has 0 spiro atoms. The normalized spacial score (nSPS) is 7.38. The Labute approximate surface area is 89.6 Å². The van der Waals surface area contributed by atoms with E-state index in [1.807, 2.05) is 0 Å². The van der Waals surface area contributed by atoms with Gasteiger partial charge in [-0.1, -0.05) is 0 Å². The van der Waals surface area contributed by atoms with Crippen molar-refractivity contribution in [3.05, 3.63) is 0 Å². The van der Waals surface area contributed by atoms with E-state index >= 15 is 0 Å². The van der Waals surface area contributed by atoms with Crippen LogP contribution in [0.4, 0.5) is 4.70 Å². The third kappa shape index (κ3) is 126. The van der Waals surface area contributed by atoms with Crippen molar-refractivity contribution in [3.8, 4) is 0 Å². The average molecular weight is 175 g/mol. The van der Waals surface area contributed by atoms with Crippen LogP contribution in [-0.4, -0.2) is 14.7 Å². The maximum absolute atomic E-state index is 8.88. The molecule has 0 aliphatic carbocycles. The molecule has 50 valence electrons. The molecule has 0 atom stereocenters. The van der Waals surface area contributed by atoms with Crippen molar-refractivity contribution in [1.29, 1.82) is 0 Å². The van der Waals surface area contributed by atoms with Crippen LogP contribution in [0.2, 0.25) is 0 Å². The summed E-state index contributed by atoms with van der Waals surface area (Å²) in [6, 6.07) is 0. The molecule has 0 aliphatic heterocycles. The molecule has 0 heterocycles. The SMILES string of the molecule is F.N.O=P(O)(O)O.[H-].[K+]. The van der Waals surface area contributed by atoms with Crippen molar-refractivity contribution in [1.82, 2.24) is 6.15 Å². The molecule has 0 rings (SSSR count). The quantitative estimate of drug-likeness (QED) is 0.225. The number of hydrogen-bond acceptors (Lipinski definition) is 2. The van der Waals surface area contributed by atoms with E-state index in [-0.39, 0.29) is 63.7 Å². The van der Waals surface area contributed by atoms with Crippen LogP contribution in [0.15, 0.2) is 0 Å². The fourth-order valence-electron chi connectivity index (χ4n) is 0. The minimum absolute atomic E-state index is 0. The fourth-order valence-corrected chi connectivity index (χ4v) is 0. The van der Waals surface area contributed by atoms with Gasteiger partial charge in [-0.15, -0.1) is 0 Å². The first-order chi connectivity index (χ1) is 2.00. The van der Waals surface area contributed by atoms with Gasteiger partial charge >= 0.3 is 59.2 Å². The molecule has 0 aromatic heterocycles. The van der Waals surface area contributed by atoms with Gasteiger partial charge in [0.1, 0.15) is 0 Å². The van der Waals surface area contributed by atoms with E-state index in [1.165, 1.54) is 0 Å². The summed E-state index contributed by atoms with van der Waals surface area (Å²) in [5.41, 5.74) is 0. The topological polar surface area (TPSA) is 113 Å². The maximum Gasteiger partial charge on any atom is 1.00 e. The Bertz CT molecular complexity index is 66.7. The van der Waals surface area contributed by atoms with Crippen LogP contribution in [0.3, 0.4) is 0 Å². The Morgan fingerprint density at radius 2 is 1.25 bits per heavy atom. The Balaban J connectivity index is -0.0000000133. The predicted octanol–water partition coefficient (Wildman–Crippen LogP) is -3.50. The number of halogens is 1. The van der Waals surface area contributed by atoms with Gasteiger partial charge in [-0.3, -0.25) is 4.70 Å². The van der Waals surface area contributed by atoms with Crippen LogP contribution in [0.5, 0.6) is 0 Å². The summed E-state index contributed by atoms with van der Waals surface area (Å²) in [5, 5.41) is 0. The van der Waals surface area contributed by atoms with Crippen molar-refractivity contribution in [2.45, 2.75) is 0 Å². The van der Waals surface area contributed by atoms with E-state index in [9.17, 15) is 0 Å². The summed E-state index contributed by atoms with van der Waals surface area (Å²) in [6.07, 6.45) is 0. The summed E-state index contributed by atoms with van der Waals surface area (Å²) in [4.78, 5) is 21.6. The molecule has 0 aromatic carbocycles. The van der Waals surface area contributed by atoms with E-state index < -0.39 is 7.82 Å². The molecule has 0 saturated heterocycles. The first-order valence-electron chi connectivity index (χ1n) is 0.783. The molecule has 0 fully saturated rings. The molecule has 8 heavy (non-hydrogen) atoms. The van der Waals surface area contributed by atoms with Crippen LogP contribution in [-0.2, 0) is 4.57 Å². The van der Waals surface area contributed by atoms with Crippen molar-refractivity contribution in [2.75, 3.05) is 0 Å². The molecule has 5 nitrogen and oxygen atoms in total. The fraction of sp³-hybridized carbons (Fsp3) is 0. The van der Waals surface area contributed by atoms with E-state index in [0.29, 0.717) is 0 Å². The van der Waals surface area contributed by atoms with Gasteiger partial charge in [0.15, 0.2) is 0 Å². The summed E-state index contributed by atoms with van der Waals surface area (Å²) in [6.45, 7) is 0. The van der Waals surface area contributed by atoms with Crippen molar-refractivity contribution >= 4 is 7.82 Å². The van der Waals surface area contributed by atoms with E-state index in [0.717, 1.165) is 0 Å². The van der Waals surface area contributed by atoms with Gasteiger partial charge in [0.2, 0.25) is 0 Å². The number of phosphoric acid groups is 1. The Morgan fingerprint density at radius 3 is 1.25 bits per heavy atom. The van der Waals surface area contributed by atoms with Crippen LogP contribution in [0.1, 0.15) is 1.43 Å². The van der Waals surface area contributed by atoms with Crippen LogP contribution in [0.25, 0.3) is 0 Å². The van der Waals surface area contributed by atoms with Gasteiger partial charge < -0.3 is 22.3 Å². The third-order valence-electron chi connectivity index (χ3n) is 0. The van der Waals surface area contributed by atoms with E-state index in [1.54, 1.807) is 0 Å². The maximum atomic E-state index is 8.88. The monoisotopic (exact) mass is 175 g/mol. The standard InChI is InChI=1S/FH.K.H3N.H3O4P.H/c;;;1-5(2,3)4;/h1H;;1H3;(H3,1,2,3,4);/q;+1;;;-1. The second-order valence-corrected chi connectivity index (χ2v) is 1.54. The zero-order valence-electron chi connectivity index (χ0n) is 5.31. The van der Waals surface area contributed by atoms with E-state index in [4.69, 9.17) is 19.2 Å². The molecule has 0 radical (unpaired) electrons. The summed E-state index contributed by atoms with van der Waals surface area (Å²) < 4.78 is 8.88. The summed E-state index contributed by atoms with van der Waals surface area (Å²) in [5.74, 6) is 0. The second kappa shape index (κ2) is 8.64. The van der Waals surface area contributed by atoms with Crippen LogP contribution in [0, 0.1) is 0 Å². The van der Waals surface area contributed by atoms with Gasteiger partial charge in [0.25, 0.3) is 0 Å². The second-order valence-electron chi connectivity index (χ2n) is 0.513. The van der Waals surface area contributed by atoms with Gasteiger partial charge in [-0.05, 0) is 0 Å². The Hall–Kier alpha value is 1.64. The zero-order chi connectivity index (χ0) is 4.50. The molecule has 0 unspecified atom stereocenters. The molecule has 8 heteroatoms. The molecule has 0 saturated carbocycles. The summed E-state index contributed by atoms with van der Waals surface area (Å²) in [7, 11) is -4.64. The third-order valence-corrected chi connectivity index (χ3v) is 0. The average Bonchev–Trinajstić information content (AvgIpc) is 0.722. The van der Waals surface area contributed by atoms with Gasteiger partial charge in [0.05, 0.1) is 0 Å². The molecule has 0 bridgehead atoms. The molecule has 0 aliphatic rings. The van der Waals surface area contributed by atoms with Crippen LogP contribution < -0.4 is 57.5 Å². The van der Waals surface area contributed by atoms with Crippen molar-refractivity contribution < 1.29 is 76.8 Å². The van der Waals surface area contributed by atoms with Gasteiger partial charge in [-0.2, -0.15) is 0 Å².